The van der Waals surface area contributed by atoms with Crippen molar-refractivity contribution in [1.29, 1.82) is 0 Å². The van der Waals surface area contributed by atoms with Gasteiger partial charge < -0.3 is 10.1 Å². The van der Waals surface area contributed by atoms with Crippen LogP contribution in [0.3, 0.4) is 0 Å². The minimum absolute atomic E-state index is 0.137. The average Bonchev–Trinajstić information content (AvgIpc) is 2.46. The maximum absolute atomic E-state index is 11.9. The van der Waals surface area contributed by atoms with Crippen molar-refractivity contribution in [2.24, 2.45) is 0 Å². The summed E-state index contributed by atoms with van der Waals surface area (Å²) < 4.78 is 5.04. The number of amides is 1. The third-order valence-electron chi connectivity index (χ3n) is 2.75. The number of hydrogen-bond acceptors (Lipinski definition) is 2. The van der Waals surface area contributed by atoms with Crippen molar-refractivity contribution in [1.82, 2.24) is 5.32 Å². The summed E-state index contributed by atoms with van der Waals surface area (Å²) in [6.45, 7) is 0.407. The second-order valence-electron chi connectivity index (χ2n) is 4.00. The normalized spacial score (nSPS) is 10.0. The number of nitrogens with one attached hydrogen (secondary N) is 1. The van der Waals surface area contributed by atoms with E-state index in [0.29, 0.717) is 17.1 Å². The van der Waals surface area contributed by atoms with Crippen LogP contribution in [-0.2, 0) is 6.54 Å². The van der Waals surface area contributed by atoms with Gasteiger partial charge in [-0.3, -0.25) is 4.79 Å². The summed E-state index contributed by atoms with van der Waals surface area (Å²) in [5.74, 6) is 0.588. The lowest BCUT2D eigenvalue weighted by Crippen LogP contribution is -2.22. The van der Waals surface area contributed by atoms with Gasteiger partial charge in [-0.1, -0.05) is 29.8 Å². The van der Waals surface area contributed by atoms with Gasteiger partial charge in [-0.15, -0.1) is 0 Å². The van der Waals surface area contributed by atoms with Crippen LogP contribution in [0.25, 0.3) is 0 Å². The molecule has 0 bridgehead atoms. The lowest BCUT2D eigenvalue weighted by Gasteiger charge is -2.07. The molecule has 2 aromatic rings. The van der Waals surface area contributed by atoms with Crippen LogP contribution in [0.2, 0.25) is 5.02 Å². The van der Waals surface area contributed by atoms with Gasteiger partial charge in [0.05, 0.1) is 7.11 Å². The zero-order valence-electron chi connectivity index (χ0n) is 10.5. The first-order chi connectivity index (χ1) is 9.20. The number of benzene rings is 2. The molecule has 4 heteroatoms. The molecule has 0 aliphatic rings. The van der Waals surface area contributed by atoms with Crippen LogP contribution < -0.4 is 10.1 Å². The highest BCUT2D eigenvalue weighted by Crippen LogP contribution is 2.15. The molecular weight excluding hydrogens is 262 g/mol. The average molecular weight is 276 g/mol. The molecule has 0 fully saturated rings. The van der Waals surface area contributed by atoms with Crippen LogP contribution in [0.15, 0.2) is 48.5 Å². The van der Waals surface area contributed by atoms with Crippen molar-refractivity contribution in [3.8, 4) is 5.75 Å². The highest BCUT2D eigenvalue weighted by Gasteiger charge is 2.06. The Bertz CT molecular complexity index is 567. The van der Waals surface area contributed by atoms with Gasteiger partial charge in [0.1, 0.15) is 5.75 Å². The first-order valence-corrected chi connectivity index (χ1v) is 6.24. The molecule has 0 saturated heterocycles. The number of rotatable bonds is 4. The zero-order chi connectivity index (χ0) is 13.7. The number of carbonyl (C=O) groups excluding carboxylic acids is 1. The minimum atomic E-state index is -0.137. The van der Waals surface area contributed by atoms with Gasteiger partial charge in [0.25, 0.3) is 5.91 Å². The van der Waals surface area contributed by atoms with Crippen molar-refractivity contribution in [3.63, 3.8) is 0 Å². The van der Waals surface area contributed by atoms with Crippen LogP contribution >= 0.6 is 11.6 Å². The summed E-state index contributed by atoms with van der Waals surface area (Å²) >= 11 is 6.03. The number of carbonyl (C=O) groups is 1. The van der Waals surface area contributed by atoms with E-state index in [4.69, 9.17) is 16.3 Å². The molecule has 3 nitrogen and oxygen atoms in total. The van der Waals surface area contributed by atoms with Crippen LogP contribution in [0.5, 0.6) is 5.75 Å². The van der Waals surface area contributed by atoms with E-state index < -0.39 is 0 Å². The molecule has 2 aromatic carbocycles. The number of ether oxygens (including phenoxy) is 1. The predicted molar refractivity (Wildman–Crippen MR) is 75.6 cm³/mol. The molecule has 0 aliphatic carbocycles. The molecule has 0 heterocycles. The maximum Gasteiger partial charge on any atom is 0.251 e. The van der Waals surface area contributed by atoms with Crippen molar-refractivity contribution >= 4 is 17.5 Å². The molecule has 98 valence electrons. The molecule has 1 N–H and O–H groups in total. The van der Waals surface area contributed by atoms with Crippen molar-refractivity contribution in [2.45, 2.75) is 6.54 Å². The maximum atomic E-state index is 11.9. The Kier molecular flexibility index (Phi) is 4.42. The minimum Gasteiger partial charge on any atom is -0.497 e. The molecule has 0 atom stereocenters. The SMILES string of the molecule is COc1ccc(C(=O)NCc2ccccc2Cl)cc1. The van der Waals surface area contributed by atoms with E-state index in [2.05, 4.69) is 5.32 Å². The summed E-state index contributed by atoms with van der Waals surface area (Å²) in [5.41, 5.74) is 1.49. The van der Waals surface area contributed by atoms with Crippen LogP contribution in [0, 0.1) is 0 Å². The van der Waals surface area contributed by atoms with Gasteiger partial charge >= 0.3 is 0 Å². The molecule has 0 saturated carbocycles. The largest absolute Gasteiger partial charge is 0.497 e. The van der Waals surface area contributed by atoms with Crippen LogP contribution in [0.1, 0.15) is 15.9 Å². The van der Waals surface area contributed by atoms with Gasteiger partial charge in [-0.25, -0.2) is 0 Å². The molecule has 2 rings (SSSR count). The van der Waals surface area contributed by atoms with Crippen LogP contribution in [-0.4, -0.2) is 13.0 Å². The Morgan fingerprint density at radius 1 is 1.16 bits per heavy atom. The molecule has 1 amide bonds. The quantitative estimate of drug-likeness (QED) is 0.930. The fourth-order valence-electron chi connectivity index (χ4n) is 1.66. The molecule has 0 aliphatic heterocycles. The summed E-state index contributed by atoms with van der Waals surface area (Å²) in [5, 5.41) is 3.48. The molecule has 0 aromatic heterocycles. The number of hydrogen-bond donors (Lipinski definition) is 1. The highest BCUT2D eigenvalue weighted by molar-refractivity contribution is 6.31. The first kappa shape index (κ1) is 13.4. The monoisotopic (exact) mass is 275 g/mol. The van der Waals surface area contributed by atoms with Crippen molar-refractivity contribution in [3.05, 3.63) is 64.7 Å². The smallest absolute Gasteiger partial charge is 0.251 e. The highest BCUT2D eigenvalue weighted by atomic mass is 35.5. The predicted octanol–water partition coefficient (Wildman–Crippen LogP) is 3.28. The zero-order valence-corrected chi connectivity index (χ0v) is 11.3. The van der Waals surface area contributed by atoms with Gasteiger partial charge in [0, 0.05) is 17.1 Å². The second-order valence-corrected chi connectivity index (χ2v) is 4.41. The molecule has 0 unspecified atom stereocenters. The molecular formula is C15H14ClNO2. The topological polar surface area (TPSA) is 38.3 Å². The van der Waals surface area contributed by atoms with Gasteiger partial charge in [0.15, 0.2) is 0 Å². The standard InChI is InChI=1S/C15H14ClNO2/c1-19-13-8-6-11(7-9-13)15(18)17-10-12-4-2-3-5-14(12)16/h2-9H,10H2,1H3,(H,17,18). The van der Waals surface area contributed by atoms with Gasteiger partial charge in [-0.05, 0) is 35.9 Å². The Balaban J connectivity index is 1.99. The molecule has 0 radical (unpaired) electrons. The Hall–Kier alpha value is -2.00. The van der Waals surface area contributed by atoms with Gasteiger partial charge in [-0.2, -0.15) is 0 Å². The number of methoxy groups -OCH3 is 1. The van der Waals surface area contributed by atoms with E-state index in [-0.39, 0.29) is 5.91 Å². The summed E-state index contributed by atoms with van der Waals surface area (Å²) in [6.07, 6.45) is 0. The van der Waals surface area contributed by atoms with E-state index >= 15 is 0 Å². The fraction of sp³-hybridized carbons (Fsp3) is 0.133. The van der Waals surface area contributed by atoms with Crippen LogP contribution in [0.4, 0.5) is 0 Å². The molecule has 0 spiro atoms. The fourth-order valence-corrected chi connectivity index (χ4v) is 1.86. The third-order valence-corrected chi connectivity index (χ3v) is 3.12. The second kappa shape index (κ2) is 6.25. The van der Waals surface area contributed by atoms with Crippen molar-refractivity contribution < 1.29 is 9.53 Å². The van der Waals surface area contributed by atoms with E-state index in [1.54, 1.807) is 37.4 Å². The van der Waals surface area contributed by atoms with E-state index in [0.717, 1.165) is 11.3 Å². The van der Waals surface area contributed by atoms with E-state index in [1.165, 1.54) is 0 Å². The first-order valence-electron chi connectivity index (χ1n) is 5.86. The van der Waals surface area contributed by atoms with E-state index in [9.17, 15) is 4.79 Å². The Morgan fingerprint density at radius 3 is 2.47 bits per heavy atom. The number of halogens is 1. The lowest BCUT2D eigenvalue weighted by atomic mass is 10.2. The van der Waals surface area contributed by atoms with Gasteiger partial charge in [0.2, 0.25) is 0 Å². The summed E-state index contributed by atoms with van der Waals surface area (Å²) in [7, 11) is 1.59. The summed E-state index contributed by atoms with van der Waals surface area (Å²) in [4.78, 5) is 11.9. The summed E-state index contributed by atoms with van der Waals surface area (Å²) in [6, 6.07) is 14.4. The molecule has 19 heavy (non-hydrogen) atoms. The van der Waals surface area contributed by atoms with Crippen molar-refractivity contribution in [2.75, 3.05) is 7.11 Å². The van der Waals surface area contributed by atoms with E-state index in [1.807, 2.05) is 18.2 Å². The Morgan fingerprint density at radius 2 is 1.84 bits per heavy atom. The lowest BCUT2D eigenvalue weighted by molar-refractivity contribution is 0.0951. The third kappa shape index (κ3) is 3.48. The Labute approximate surface area is 117 Å².